The summed E-state index contributed by atoms with van der Waals surface area (Å²) in [6.45, 7) is 3.89. The smallest absolute Gasteiger partial charge is 0.293 e. The van der Waals surface area contributed by atoms with Gasteiger partial charge in [0.05, 0.1) is 15.7 Å². The molecule has 3 aromatic rings. The number of carbonyl (C=O) groups is 1. The molecule has 26 heavy (non-hydrogen) atoms. The predicted octanol–water partition coefficient (Wildman–Crippen LogP) is 6.14. The average molecular weight is 432 g/mol. The number of amides is 1. The van der Waals surface area contributed by atoms with Crippen LogP contribution in [-0.2, 0) is 6.61 Å². The predicted molar refractivity (Wildman–Crippen MR) is 104 cm³/mol. The third-order valence-corrected chi connectivity index (χ3v) is 5.22. The van der Waals surface area contributed by atoms with Gasteiger partial charge in [0.15, 0.2) is 16.6 Å². The number of thiazole rings is 1. The summed E-state index contributed by atoms with van der Waals surface area (Å²) < 4.78 is 11.1. The Morgan fingerprint density at radius 3 is 2.54 bits per heavy atom. The number of nitrogens with one attached hydrogen (secondary N) is 1. The first-order chi connectivity index (χ1) is 12.3. The van der Waals surface area contributed by atoms with Crippen LogP contribution in [0.15, 0.2) is 28.7 Å². The van der Waals surface area contributed by atoms with Gasteiger partial charge in [0.1, 0.15) is 12.4 Å². The number of ether oxygens (including phenoxy) is 1. The van der Waals surface area contributed by atoms with Crippen LogP contribution in [0.2, 0.25) is 15.1 Å². The fourth-order valence-electron chi connectivity index (χ4n) is 2.07. The van der Waals surface area contributed by atoms with E-state index >= 15 is 0 Å². The molecule has 1 N–H and O–H groups in total. The highest BCUT2D eigenvalue weighted by molar-refractivity contribution is 7.15. The second-order valence-corrected chi connectivity index (χ2v) is 7.82. The van der Waals surface area contributed by atoms with E-state index in [0.717, 1.165) is 10.6 Å². The van der Waals surface area contributed by atoms with E-state index in [2.05, 4.69) is 10.3 Å². The number of carbonyl (C=O) groups excluding carboxylic acids is 1. The molecule has 0 radical (unpaired) electrons. The maximum Gasteiger partial charge on any atom is 0.293 e. The standard InChI is InChI=1S/C17H13Cl3N2O3S/c1-8-9(2)26-17(21-8)22-16(23)14-4-3-11(25-14)7-24-15-12(19)5-10(18)6-13(15)20/h3-6H,7H2,1-2H3,(H,21,22,23). The van der Waals surface area contributed by atoms with Crippen LogP contribution >= 0.6 is 46.1 Å². The number of benzene rings is 1. The molecule has 5 nitrogen and oxygen atoms in total. The number of nitrogens with zero attached hydrogens (tertiary/aromatic N) is 1. The highest BCUT2D eigenvalue weighted by Gasteiger charge is 2.15. The number of aromatic nitrogens is 1. The zero-order valence-corrected chi connectivity index (χ0v) is 16.8. The SMILES string of the molecule is Cc1nc(NC(=O)c2ccc(COc3c(Cl)cc(Cl)cc3Cl)o2)sc1C. The molecule has 0 fully saturated rings. The maximum absolute atomic E-state index is 12.2. The van der Waals surface area contributed by atoms with Gasteiger partial charge in [-0.05, 0) is 38.1 Å². The van der Waals surface area contributed by atoms with Gasteiger partial charge in [0.2, 0.25) is 0 Å². The molecule has 0 unspecified atom stereocenters. The van der Waals surface area contributed by atoms with Crippen molar-refractivity contribution in [2.45, 2.75) is 20.5 Å². The fraction of sp³-hybridized carbons (Fsp3) is 0.176. The van der Waals surface area contributed by atoms with Crippen molar-refractivity contribution in [1.29, 1.82) is 0 Å². The van der Waals surface area contributed by atoms with Gasteiger partial charge in [0.25, 0.3) is 5.91 Å². The van der Waals surface area contributed by atoms with Crippen molar-refractivity contribution in [2.75, 3.05) is 5.32 Å². The Kier molecular flexibility index (Phi) is 5.77. The van der Waals surface area contributed by atoms with Crippen molar-refractivity contribution in [3.63, 3.8) is 0 Å². The molecule has 3 rings (SSSR count). The van der Waals surface area contributed by atoms with Crippen molar-refractivity contribution in [3.8, 4) is 5.75 Å². The van der Waals surface area contributed by atoms with E-state index in [9.17, 15) is 4.79 Å². The third-order valence-electron chi connectivity index (χ3n) is 3.46. The lowest BCUT2D eigenvalue weighted by atomic mass is 10.3. The molecule has 0 aliphatic carbocycles. The molecule has 9 heteroatoms. The summed E-state index contributed by atoms with van der Waals surface area (Å²) in [5.41, 5.74) is 0.885. The van der Waals surface area contributed by atoms with Crippen molar-refractivity contribution < 1.29 is 13.9 Å². The fourth-order valence-corrected chi connectivity index (χ4v) is 3.81. The van der Waals surface area contributed by atoms with Crippen molar-refractivity contribution >= 4 is 57.2 Å². The van der Waals surface area contributed by atoms with Gasteiger partial charge >= 0.3 is 0 Å². The molecule has 2 aromatic heterocycles. The van der Waals surface area contributed by atoms with E-state index in [1.54, 1.807) is 12.1 Å². The van der Waals surface area contributed by atoms with E-state index in [4.69, 9.17) is 44.0 Å². The largest absolute Gasteiger partial charge is 0.483 e. The second kappa shape index (κ2) is 7.88. The van der Waals surface area contributed by atoms with Crippen LogP contribution in [0.25, 0.3) is 0 Å². The summed E-state index contributed by atoms with van der Waals surface area (Å²) in [4.78, 5) is 17.5. The summed E-state index contributed by atoms with van der Waals surface area (Å²) in [5, 5.41) is 4.24. The number of anilines is 1. The Balaban J connectivity index is 1.65. The average Bonchev–Trinajstić information content (AvgIpc) is 3.13. The molecule has 1 amide bonds. The Morgan fingerprint density at radius 2 is 1.92 bits per heavy atom. The first-order valence-corrected chi connectivity index (χ1v) is 9.40. The maximum atomic E-state index is 12.2. The summed E-state index contributed by atoms with van der Waals surface area (Å²) in [7, 11) is 0. The molecule has 136 valence electrons. The lowest BCUT2D eigenvalue weighted by molar-refractivity contribution is 0.0992. The number of rotatable bonds is 5. The Hall–Kier alpha value is -1.73. The van der Waals surface area contributed by atoms with Crippen LogP contribution < -0.4 is 10.1 Å². The first kappa shape index (κ1) is 19.0. The first-order valence-electron chi connectivity index (χ1n) is 7.45. The van der Waals surface area contributed by atoms with Gasteiger partial charge in [-0.15, -0.1) is 11.3 Å². The number of halogens is 3. The molecule has 0 saturated carbocycles. The highest BCUT2D eigenvalue weighted by atomic mass is 35.5. The summed E-state index contributed by atoms with van der Waals surface area (Å²) in [5.74, 6) is 0.521. The topological polar surface area (TPSA) is 64.4 Å². The molecule has 2 heterocycles. The lowest BCUT2D eigenvalue weighted by Gasteiger charge is -2.09. The van der Waals surface area contributed by atoms with Crippen molar-refractivity contribution in [2.24, 2.45) is 0 Å². The Bertz CT molecular complexity index is 926. The van der Waals surface area contributed by atoms with E-state index in [-0.39, 0.29) is 18.3 Å². The van der Waals surface area contributed by atoms with E-state index in [1.807, 2.05) is 13.8 Å². The molecule has 0 atom stereocenters. The molecule has 0 aliphatic rings. The Morgan fingerprint density at radius 1 is 1.23 bits per heavy atom. The van der Waals surface area contributed by atoms with E-state index in [0.29, 0.717) is 31.7 Å². The lowest BCUT2D eigenvalue weighted by Crippen LogP contribution is -2.10. The van der Waals surface area contributed by atoms with Gasteiger partial charge in [-0.1, -0.05) is 34.8 Å². The molecule has 0 spiro atoms. The van der Waals surface area contributed by atoms with Gasteiger partial charge < -0.3 is 9.15 Å². The number of hydrogen-bond donors (Lipinski definition) is 1. The van der Waals surface area contributed by atoms with Crippen LogP contribution in [0.3, 0.4) is 0 Å². The van der Waals surface area contributed by atoms with Crippen LogP contribution in [0.5, 0.6) is 5.75 Å². The minimum absolute atomic E-state index is 0.0593. The van der Waals surface area contributed by atoms with Gasteiger partial charge in [-0.3, -0.25) is 10.1 Å². The molecule has 0 saturated heterocycles. The number of hydrogen-bond acceptors (Lipinski definition) is 5. The van der Waals surface area contributed by atoms with Gasteiger partial charge in [-0.2, -0.15) is 0 Å². The quantitative estimate of drug-likeness (QED) is 0.526. The second-order valence-electron chi connectivity index (χ2n) is 5.37. The number of aryl methyl sites for hydroxylation is 2. The summed E-state index contributed by atoms with van der Waals surface area (Å²) >= 11 is 19.4. The van der Waals surface area contributed by atoms with E-state index in [1.165, 1.54) is 23.5 Å². The molecule has 0 aliphatic heterocycles. The summed E-state index contributed by atoms with van der Waals surface area (Å²) in [6.07, 6.45) is 0. The number of furan rings is 1. The monoisotopic (exact) mass is 430 g/mol. The van der Waals surface area contributed by atoms with Gasteiger partial charge in [-0.25, -0.2) is 4.98 Å². The molecular weight excluding hydrogens is 419 g/mol. The highest BCUT2D eigenvalue weighted by Crippen LogP contribution is 2.36. The van der Waals surface area contributed by atoms with Crippen LogP contribution in [-0.4, -0.2) is 10.9 Å². The van der Waals surface area contributed by atoms with Crippen LogP contribution in [0.1, 0.15) is 26.9 Å². The molecular formula is C17H13Cl3N2O3S. The van der Waals surface area contributed by atoms with E-state index < -0.39 is 0 Å². The summed E-state index contributed by atoms with van der Waals surface area (Å²) in [6, 6.07) is 6.27. The molecule has 1 aromatic carbocycles. The zero-order valence-electron chi connectivity index (χ0n) is 13.7. The molecule has 0 bridgehead atoms. The minimum Gasteiger partial charge on any atom is -0.483 e. The third kappa shape index (κ3) is 4.32. The van der Waals surface area contributed by atoms with Crippen molar-refractivity contribution in [1.82, 2.24) is 4.98 Å². The van der Waals surface area contributed by atoms with Crippen LogP contribution in [0, 0.1) is 13.8 Å². The normalized spacial score (nSPS) is 10.8. The Labute approximate surface area is 168 Å². The van der Waals surface area contributed by atoms with Gasteiger partial charge in [0, 0.05) is 9.90 Å². The minimum atomic E-state index is -0.382. The van der Waals surface area contributed by atoms with Crippen LogP contribution in [0.4, 0.5) is 5.13 Å². The van der Waals surface area contributed by atoms with Crippen molar-refractivity contribution in [3.05, 3.63) is 61.4 Å². The zero-order chi connectivity index (χ0) is 18.8.